The molecule has 1 unspecified atom stereocenters. The molecule has 3 nitrogen and oxygen atoms in total. The monoisotopic (exact) mass is 250 g/mol. The van der Waals surface area contributed by atoms with Crippen LogP contribution in [0.2, 0.25) is 0 Å². The van der Waals surface area contributed by atoms with Gasteiger partial charge in [0.1, 0.15) is 0 Å². The van der Waals surface area contributed by atoms with E-state index in [1.165, 1.54) is 0 Å². The Morgan fingerprint density at radius 2 is 1.94 bits per heavy atom. The van der Waals surface area contributed by atoms with E-state index in [4.69, 9.17) is 0 Å². The molecule has 1 amide bonds. The second-order valence-electron chi connectivity index (χ2n) is 6.00. The van der Waals surface area contributed by atoms with Crippen molar-refractivity contribution in [1.82, 2.24) is 9.80 Å². The third-order valence-corrected chi connectivity index (χ3v) is 3.93. The number of amides is 1. The molecule has 2 rings (SSSR count). The van der Waals surface area contributed by atoms with Crippen LogP contribution in [-0.2, 0) is 4.79 Å². The minimum absolute atomic E-state index is 0.256. The van der Waals surface area contributed by atoms with Gasteiger partial charge >= 0.3 is 0 Å². The average molecular weight is 250 g/mol. The molecule has 3 heteroatoms. The molecule has 2 aliphatic rings. The predicted octanol–water partition coefficient (Wildman–Crippen LogP) is 2.14. The molecule has 1 aliphatic heterocycles. The van der Waals surface area contributed by atoms with Gasteiger partial charge in [-0.25, -0.2) is 0 Å². The summed E-state index contributed by atoms with van der Waals surface area (Å²) in [6.45, 7) is 9.61. The van der Waals surface area contributed by atoms with Gasteiger partial charge in [0.15, 0.2) is 0 Å². The van der Waals surface area contributed by atoms with E-state index in [1.54, 1.807) is 0 Å². The van der Waals surface area contributed by atoms with Gasteiger partial charge in [-0.2, -0.15) is 0 Å². The first-order chi connectivity index (χ1) is 8.66. The lowest BCUT2D eigenvalue weighted by Gasteiger charge is -2.37. The van der Waals surface area contributed by atoms with Crippen LogP contribution in [0.15, 0.2) is 12.2 Å². The summed E-state index contributed by atoms with van der Waals surface area (Å²) in [5.41, 5.74) is 0. The van der Waals surface area contributed by atoms with Crippen molar-refractivity contribution in [3.05, 3.63) is 12.2 Å². The molecule has 1 fully saturated rings. The maximum atomic E-state index is 12.4. The SMILES string of the molecule is CC(C)CN1CCN(C(=O)C2CC=CCC2)CC1. The maximum Gasteiger partial charge on any atom is 0.226 e. The minimum Gasteiger partial charge on any atom is -0.340 e. The second-order valence-corrected chi connectivity index (χ2v) is 6.00. The number of carbonyl (C=O) groups is 1. The van der Waals surface area contributed by atoms with Crippen LogP contribution in [0.25, 0.3) is 0 Å². The Labute approximate surface area is 111 Å². The number of rotatable bonds is 3. The van der Waals surface area contributed by atoms with Crippen molar-refractivity contribution in [2.75, 3.05) is 32.7 Å². The summed E-state index contributed by atoms with van der Waals surface area (Å²) < 4.78 is 0. The zero-order chi connectivity index (χ0) is 13.0. The molecule has 0 aromatic rings. The predicted molar refractivity (Wildman–Crippen MR) is 74.3 cm³/mol. The normalized spacial score (nSPS) is 25.7. The van der Waals surface area contributed by atoms with E-state index < -0.39 is 0 Å². The van der Waals surface area contributed by atoms with E-state index in [9.17, 15) is 4.79 Å². The highest BCUT2D eigenvalue weighted by Crippen LogP contribution is 2.21. The Morgan fingerprint density at radius 1 is 1.22 bits per heavy atom. The number of hydrogen-bond acceptors (Lipinski definition) is 2. The van der Waals surface area contributed by atoms with E-state index in [1.807, 2.05) is 0 Å². The summed E-state index contributed by atoms with van der Waals surface area (Å²) >= 11 is 0. The van der Waals surface area contributed by atoms with Gasteiger partial charge in [0.05, 0.1) is 0 Å². The molecule has 1 aliphatic carbocycles. The van der Waals surface area contributed by atoms with Crippen LogP contribution >= 0.6 is 0 Å². The van der Waals surface area contributed by atoms with Crippen LogP contribution in [0.3, 0.4) is 0 Å². The average Bonchev–Trinajstić information content (AvgIpc) is 2.39. The summed E-state index contributed by atoms with van der Waals surface area (Å²) in [5, 5.41) is 0. The Balaban J connectivity index is 1.78. The van der Waals surface area contributed by atoms with Gasteiger partial charge in [0, 0.05) is 38.6 Å². The zero-order valence-corrected chi connectivity index (χ0v) is 11.8. The molecule has 0 aromatic heterocycles. The summed E-state index contributed by atoms with van der Waals surface area (Å²) in [6.07, 6.45) is 7.43. The number of piperazine rings is 1. The fourth-order valence-corrected chi connectivity index (χ4v) is 2.94. The molecule has 1 heterocycles. The first-order valence-electron chi connectivity index (χ1n) is 7.33. The molecule has 0 spiro atoms. The van der Waals surface area contributed by atoms with Crippen molar-refractivity contribution in [2.45, 2.75) is 33.1 Å². The molecule has 1 saturated heterocycles. The molecule has 0 bridgehead atoms. The Hall–Kier alpha value is -0.830. The van der Waals surface area contributed by atoms with Gasteiger partial charge < -0.3 is 4.90 Å². The highest BCUT2D eigenvalue weighted by molar-refractivity contribution is 5.79. The van der Waals surface area contributed by atoms with E-state index in [0.717, 1.165) is 57.9 Å². The van der Waals surface area contributed by atoms with E-state index in [2.05, 4.69) is 35.8 Å². The van der Waals surface area contributed by atoms with Crippen LogP contribution in [0.1, 0.15) is 33.1 Å². The fraction of sp³-hybridized carbons (Fsp3) is 0.800. The van der Waals surface area contributed by atoms with Crippen molar-refractivity contribution in [3.8, 4) is 0 Å². The van der Waals surface area contributed by atoms with Crippen LogP contribution in [0.5, 0.6) is 0 Å². The van der Waals surface area contributed by atoms with Gasteiger partial charge in [0.2, 0.25) is 5.91 Å². The Morgan fingerprint density at radius 3 is 2.50 bits per heavy atom. The third-order valence-electron chi connectivity index (χ3n) is 3.93. The summed E-state index contributed by atoms with van der Waals surface area (Å²) in [4.78, 5) is 16.9. The first-order valence-corrected chi connectivity index (χ1v) is 7.33. The Bertz CT molecular complexity index is 304. The van der Waals surface area contributed by atoms with E-state index >= 15 is 0 Å². The van der Waals surface area contributed by atoms with Gasteiger partial charge in [-0.15, -0.1) is 0 Å². The standard InChI is InChI=1S/C15H26N2O/c1-13(2)12-16-8-10-17(11-9-16)15(18)14-6-4-3-5-7-14/h3-4,13-14H,5-12H2,1-2H3. The number of allylic oxidation sites excluding steroid dienone is 2. The topological polar surface area (TPSA) is 23.6 Å². The van der Waals surface area contributed by atoms with Crippen molar-refractivity contribution in [3.63, 3.8) is 0 Å². The summed E-state index contributed by atoms with van der Waals surface area (Å²) in [6, 6.07) is 0. The molecule has 0 aromatic carbocycles. The van der Waals surface area contributed by atoms with Crippen LogP contribution in [-0.4, -0.2) is 48.4 Å². The molecule has 1 atom stereocenters. The molecule has 0 N–H and O–H groups in total. The lowest BCUT2D eigenvalue weighted by atomic mass is 9.93. The van der Waals surface area contributed by atoms with Crippen LogP contribution in [0, 0.1) is 11.8 Å². The van der Waals surface area contributed by atoms with Gasteiger partial charge in [-0.05, 0) is 25.2 Å². The number of nitrogens with zero attached hydrogens (tertiary/aromatic N) is 2. The number of hydrogen-bond donors (Lipinski definition) is 0. The molecule has 0 saturated carbocycles. The Kier molecular flexibility index (Phi) is 4.81. The van der Waals surface area contributed by atoms with Crippen molar-refractivity contribution in [1.29, 1.82) is 0 Å². The molecule has 18 heavy (non-hydrogen) atoms. The van der Waals surface area contributed by atoms with Crippen molar-refractivity contribution >= 4 is 5.91 Å². The van der Waals surface area contributed by atoms with Crippen LogP contribution in [0.4, 0.5) is 0 Å². The van der Waals surface area contributed by atoms with Crippen molar-refractivity contribution < 1.29 is 4.79 Å². The molecule has 0 radical (unpaired) electrons. The van der Waals surface area contributed by atoms with Gasteiger partial charge in [0.25, 0.3) is 0 Å². The molecule has 102 valence electrons. The minimum atomic E-state index is 0.256. The van der Waals surface area contributed by atoms with Gasteiger partial charge in [-0.1, -0.05) is 26.0 Å². The van der Waals surface area contributed by atoms with Crippen molar-refractivity contribution in [2.24, 2.45) is 11.8 Å². The fourth-order valence-electron chi connectivity index (χ4n) is 2.94. The quantitative estimate of drug-likeness (QED) is 0.717. The summed E-state index contributed by atoms with van der Waals surface area (Å²) in [5.74, 6) is 1.37. The van der Waals surface area contributed by atoms with E-state index in [-0.39, 0.29) is 5.92 Å². The molecular formula is C15H26N2O. The van der Waals surface area contributed by atoms with Gasteiger partial charge in [-0.3, -0.25) is 9.69 Å². The lowest BCUT2D eigenvalue weighted by Crippen LogP contribution is -2.51. The van der Waals surface area contributed by atoms with Crippen LogP contribution < -0.4 is 0 Å². The largest absolute Gasteiger partial charge is 0.340 e. The lowest BCUT2D eigenvalue weighted by molar-refractivity contribution is -0.137. The smallest absolute Gasteiger partial charge is 0.226 e. The molecular weight excluding hydrogens is 224 g/mol. The second kappa shape index (κ2) is 6.37. The number of carbonyl (C=O) groups excluding carboxylic acids is 1. The maximum absolute atomic E-state index is 12.4. The highest BCUT2D eigenvalue weighted by Gasteiger charge is 2.27. The first kappa shape index (κ1) is 13.6. The zero-order valence-electron chi connectivity index (χ0n) is 11.8. The third kappa shape index (κ3) is 3.58. The van der Waals surface area contributed by atoms with E-state index in [0.29, 0.717) is 5.91 Å². The summed E-state index contributed by atoms with van der Waals surface area (Å²) in [7, 11) is 0. The highest BCUT2D eigenvalue weighted by atomic mass is 16.2.